The first kappa shape index (κ1) is 78.1. The molecule has 0 aliphatic carbocycles. The highest BCUT2D eigenvalue weighted by Crippen LogP contribution is 2.41. The minimum absolute atomic E-state index is 0.589. The monoisotopic (exact) mass is 1520 g/mol. The molecule has 0 radical (unpaired) electrons. The first-order valence-corrected chi connectivity index (χ1v) is 38.7. The summed E-state index contributed by atoms with van der Waals surface area (Å²) in [5.74, 6) is 3.96. The molecule has 22 heteroatoms. The Labute approximate surface area is 663 Å². The lowest BCUT2D eigenvalue weighted by Crippen LogP contribution is -2.17. The smallest absolute Gasteiger partial charge is 0.214 e. The van der Waals surface area contributed by atoms with Gasteiger partial charge in [0.1, 0.15) is 28.7 Å². The van der Waals surface area contributed by atoms with Crippen LogP contribution in [0.25, 0.3) is 89.7 Å². The van der Waals surface area contributed by atoms with Crippen LogP contribution in [0, 0.1) is 83.1 Å². The van der Waals surface area contributed by atoms with E-state index in [9.17, 15) is 0 Å². The summed E-state index contributed by atoms with van der Waals surface area (Å²) in [6.45, 7) is 36.4. The van der Waals surface area contributed by atoms with Crippen LogP contribution in [0.2, 0.25) is 0 Å². The zero-order valence-corrected chi connectivity index (χ0v) is 67.9. The largest absolute Gasteiger partial charge is 0.361 e. The summed E-state index contributed by atoms with van der Waals surface area (Å²) < 4.78 is 32.3. The van der Waals surface area contributed by atoms with Gasteiger partial charge in [-0.15, -0.1) is 5.10 Å². The molecule has 8 aromatic carbocycles. The maximum Gasteiger partial charge on any atom is 0.214 e. The molecule has 8 aromatic heterocycles. The van der Waals surface area contributed by atoms with Crippen molar-refractivity contribution in [3.8, 4) is 89.7 Å². The van der Waals surface area contributed by atoms with E-state index < -0.39 is 0 Å². The Morgan fingerprint density at radius 2 is 0.726 bits per heavy atom. The third-order valence-electron chi connectivity index (χ3n) is 20.5. The number of hydrogen-bond donors (Lipinski definition) is 1. The Kier molecular flexibility index (Phi) is 24.1. The van der Waals surface area contributed by atoms with Crippen LogP contribution < -0.4 is 19.6 Å². The van der Waals surface area contributed by atoms with E-state index in [2.05, 4.69) is 288 Å². The lowest BCUT2D eigenvalue weighted by Gasteiger charge is -2.26. The summed E-state index contributed by atoms with van der Waals surface area (Å²) in [5, 5.41) is 26.4. The summed E-state index contributed by atoms with van der Waals surface area (Å²) in [7, 11) is 2.01. The molecular formula is C91H94N16O5S. The molecule has 0 atom stereocenters. The topological polar surface area (TPSA) is 228 Å². The Hall–Kier alpha value is -13.1. The summed E-state index contributed by atoms with van der Waals surface area (Å²) in [5.41, 5.74) is 34.0. The van der Waals surface area contributed by atoms with Gasteiger partial charge < -0.3 is 51.8 Å². The molecule has 0 unspecified atom stereocenters. The zero-order chi connectivity index (χ0) is 79.6. The van der Waals surface area contributed by atoms with Crippen molar-refractivity contribution >= 4 is 57.0 Å². The van der Waals surface area contributed by atoms with Gasteiger partial charge in [-0.25, -0.2) is 9.97 Å². The van der Waals surface area contributed by atoms with Crippen LogP contribution in [0.4, 0.5) is 45.5 Å². The average Bonchev–Trinajstić information content (AvgIpc) is 1.79. The van der Waals surface area contributed by atoms with Crippen LogP contribution in [0.5, 0.6) is 0 Å². The third-order valence-corrected chi connectivity index (χ3v) is 21.0. The number of imidazole rings is 2. The number of benzene rings is 8. The van der Waals surface area contributed by atoms with Crippen LogP contribution in [0.1, 0.15) is 95.8 Å². The lowest BCUT2D eigenvalue weighted by molar-refractivity contribution is 0.393. The minimum Gasteiger partial charge on any atom is -0.361 e. The van der Waals surface area contributed by atoms with Crippen LogP contribution in [0.3, 0.4) is 0 Å². The molecule has 0 aliphatic rings. The first-order chi connectivity index (χ1) is 54.7. The third kappa shape index (κ3) is 17.0. The predicted molar refractivity (Wildman–Crippen MR) is 453 cm³/mol. The number of H-pyrrole nitrogens is 1. The molecule has 113 heavy (non-hydrogen) atoms. The van der Waals surface area contributed by atoms with Crippen molar-refractivity contribution < 1.29 is 22.6 Å². The fourth-order valence-electron chi connectivity index (χ4n) is 14.6. The highest BCUT2D eigenvalue weighted by molar-refractivity contribution is 7.03. The van der Waals surface area contributed by atoms with E-state index in [-0.39, 0.29) is 0 Å². The maximum absolute atomic E-state index is 5.38. The van der Waals surface area contributed by atoms with Crippen molar-refractivity contribution in [1.29, 1.82) is 0 Å². The van der Waals surface area contributed by atoms with Gasteiger partial charge in [-0.2, -0.15) is 4.98 Å². The molecular weight excluding hydrogens is 1430 g/mol. The van der Waals surface area contributed by atoms with E-state index >= 15 is 0 Å². The molecule has 0 amide bonds. The molecule has 0 fully saturated rings. The van der Waals surface area contributed by atoms with Gasteiger partial charge in [0.25, 0.3) is 0 Å². The van der Waals surface area contributed by atoms with Gasteiger partial charge in [-0.05, 0) is 263 Å². The fraction of sp³-hybridized carbons (Fsp3) is 0.231. The zero-order valence-electron chi connectivity index (χ0n) is 67.1. The van der Waals surface area contributed by atoms with Crippen molar-refractivity contribution in [1.82, 2.24) is 59.9 Å². The average molecular weight is 1520 g/mol. The van der Waals surface area contributed by atoms with E-state index in [4.69, 9.17) is 22.6 Å². The molecule has 574 valence electrons. The molecule has 1 N–H and O–H groups in total. The van der Waals surface area contributed by atoms with Gasteiger partial charge in [0.2, 0.25) is 12.2 Å². The SMILES string of the molecule is CCN(c1ccc(-c2cnc[nH]2)cc1)c1cc(-c2c(C)noc2C)ccc1C.CCN(c1ccc(-c2cncn2C)cc1)c1cc(-c2c(C)noc2C)ccc1C.CCN(c1ccc(-c2csnn2)cc1)c1cc(-c2c(C)noc2C)ccc1C.CCN(c1ccc(-c2ncon2)cc1)c1cc(-c2c(C)noc2C)ccc1C. The number of aryl methyl sites for hydroxylation is 13. The van der Waals surface area contributed by atoms with Crippen molar-refractivity contribution in [2.75, 3.05) is 45.8 Å². The molecule has 21 nitrogen and oxygen atoms in total. The molecule has 0 saturated carbocycles. The Balaban J connectivity index is 0.000000132. The van der Waals surface area contributed by atoms with Crippen molar-refractivity contribution in [2.24, 2.45) is 7.05 Å². The van der Waals surface area contributed by atoms with Gasteiger partial charge in [0, 0.05) is 117 Å². The number of nitrogens with zero attached hydrogens (tertiary/aromatic N) is 15. The normalized spacial score (nSPS) is 11.0. The van der Waals surface area contributed by atoms with E-state index in [1.54, 1.807) is 6.33 Å². The standard InChI is InChI=1S/C24H26N4O.C23H24N4O.C22H22N4O2.C22H22N4OS/c1-6-28(21-11-9-19(10-12-21)23-14-25-15-27(23)5)22-13-20(8-7-16(22)2)24-17(3)26-29-18(24)4;1-5-27(20-10-8-18(9-11-20)21-13-24-14-25-21)22-12-19(7-6-15(22)2)23-16(3)26-28-17(23)4;1-5-26(19-10-8-17(9-11-19)22-23-13-27-25-22)20-12-18(7-6-14(20)2)21-15(3)24-28-16(21)4;1-5-26(19-10-8-17(9-11-19)20-13-28-25-23-20)21-12-18(7-6-14(21)2)22-15(3)24-27-16(22)4/h7-15H,6H2,1-5H3;6-14H,5H2,1-4H3,(H,24,25);2*6-13H,5H2,1-4H3. The van der Waals surface area contributed by atoms with Crippen LogP contribution in [-0.4, -0.2) is 86.1 Å². The molecule has 0 saturated heterocycles. The molecule has 0 aliphatic heterocycles. The molecule has 8 heterocycles. The molecule has 0 bridgehead atoms. The summed E-state index contributed by atoms with van der Waals surface area (Å²) in [6, 6.07) is 60.0. The molecule has 0 spiro atoms. The second-order valence-electron chi connectivity index (χ2n) is 27.9. The van der Waals surface area contributed by atoms with E-state index in [1.807, 2.05) is 103 Å². The summed E-state index contributed by atoms with van der Waals surface area (Å²) in [6.07, 6.45) is 8.59. The van der Waals surface area contributed by atoms with Gasteiger partial charge in [-0.3, -0.25) is 0 Å². The fourth-order valence-corrected chi connectivity index (χ4v) is 15.1. The van der Waals surface area contributed by atoms with E-state index in [0.29, 0.717) is 5.82 Å². The molecule has 16 rings (SSSR count). The Morgan fingerprint density at radius 1 is 0.381 bits per heavy atom. The summed E-state index contributed by atoms with van der Waals surface area (Å²) >= 11 is 1.37. The second-order valence-corrected chi connectivity index (χ2v) is 28.5. The van der Waals surface area contributed by atoms with Crippen LogP contribution >= 0.6 is 11.5 Å². The van der Waals surface area contributed by atoms with E-state index in [1.165, 1.54) is 57.2 Å². The highest BCUT2D eigenvalue weighted by atomic mass is 32.1. The van der Waals surface area contributed by atoms with E-state index in [0.717, 1.165) is 184 Å². The number of anilines is 8. The minimum atomic E-state index is 0.589. The Bertz CT molecular complexity index is 5320. The second kappa shape index (κ2) is 34.9. The number of aromatic nitrogens is 12. The van der Waals surface area contributed by atoms with Gasteiger partial charge >= 0.3 is 0 Å². The number of aromatic amines is 1. The van der Waals surface area contributed by atoms with Crippen molar-refractivity contribution in [3.63, 3.8) is 0 Å². The summed E-state index contributed by atoms with van der Waals surface area (Å²) in [4.78, 5) is 24.8. The predicted octanol–water partition coefficient (Wildman–Crippen LogP) is 23.1. The van der Waals surface area contributed by atoms with Crippen molar-refractivity contribution in [3.05, 3.63) is 275 Å². The number of hydrogen-bond acceptors (Lipinski definition) is 20. The highest BCUT2D eigenvalue weighted by Gasteiger charge is 2.23. The van der Waals surface area contributed by atoms with Gasteiger partial charge in [-0.1, -0.05) is 115 Å². The quantitative estimate of drug-likeness (QED) is 0.0748. The van der Waals surface area contributed by atoms with Crippen LogP contribution in [0.15, 0.2) is 229 Å². The van der Waals surface area contributed by atoms with Crippen LogP contribution in [-0.2, 0) is 7.05 Å². The number of nitrogens with one attached hydrogen (secondary N) is 1. The Morgan fingerprint density at radius 3 is 1.01 bits per heavy atom. The number of rotatable bonds is 20. The van der Waals surface area contributed by atoms with Gasteiger partial charge in [0.05, 0.1) is 59.2 Å². The maximum atomic E-state index is 5.38. The lowest BCUT2D eigenvalue weighted by atomic mass is 10.0. The van der Waals surface area contributed by atoms with Gasteiger partial charge in [0.15, 0.2) is 0 Å². The van der Waals surface area contributed by atoms with Crippen molar-refractivity contribution in [2.45, 2.75) is 111 Å². The first-order valence-electron chi connectivity index (χ1n) is 37.9. The molecule has 16 aromatic rings.